The maximum Gasteiger partial charge on any atom is 0.231 e. The van der Waals surface area contributed by atoms with Crippen LogP contribution in [0.25, 0.3) is 0 Å². The van der Waals surface area contributed by atoms with Gasteiger partial charge in [-0.15, -0.1) is 0 Å². The standard InChI is InChI=1S/C16H13F2NO/c17-13-6-4-11(5-7-13)10-15(20)19-9-8-12-2-1-3-14(18)16(12)19/h1-7H,8-10H2. The molecule has 0 radical (unpaired) electrons. The van der Waals surface area contributed by atoms with Gasteiger partial charge in [0.15, 0.2) is 0 Å². The van der Waals surface area contributed by atoms with Gasteiger partial charge in [0, 0.05) is 6.54 Å². The molecule has 0 fully saturated rings. The van der Waals surface area contributed by atoms with Crippen LogP contribution in [0.4, 0.5) is 14.5 Å². The average molecular weight is 273 g/mol. The molecule has 0 saturated carbocycles. The molecule has 0 bridgehead atoms. The second kappa shape index (κ2) is 5.04. The van der Waals surface area contributed by atoms with E-state index in [0.29, 0.717) is 18.7 Å². The molecule has 0 N–H and O–H groups in total. The number of rotatable bonds is 2. The molecule has 1 amide bonds. The van der Waals surface area contributed by atoms with Gasteiger partial charge in [-0.3, -0.25) is 4.79 Å². The van der Waals surface area contributed by atoms with Gasteiger partial charge < -0.3 is 4.90 Å². The number of hydrogen-bond acceptors (Lipinski definition) is 1. The highest BCUT2D eigenvalue weighted by Crippen LogP contribution is 2.31. The lowest BCUT2D eigenvalue weighted by molar-refractivity contribution is -0.117. The van der Waals surface area contributed by atoms with Gasteiger partial charge in [-0.1, -0.05) is 24.3 Å². The van der Waals surface area contributed by atoms with Crippen molar-refractivity contribution in [3.63, 3.8) is 0 Å². The molecule has 1 heterocycles. The number of carbonyl (C=O) groups is 1. The van der Waals surface area contributed by atoms with E-state index in [1.165, 1.54) is 23.1 Å². The smallest absolute Gasteiger partial charge is 0.231 e. The van der Waals surface area contributed by atoms with E-state index >= 15 is 0 Å². The second-order valence-corrected chi connectivity index (χ2v) is 4.85. The van der Waals surface area contributed by atoms with Crippen LogP contribution in [0.2, 0.25) is 0 Å². The summed E-state index contributed by atoms with van der Waals surface area (Å²) in [5.41, 5.74) is 1.97. The average Bonchev–Trinajstić information content (AvgIpc) is 2.87. The van der Waals surface area contributed by atoms with Crippen LogP contribution in [-0.2, 0) is 17.6 Å². The minimum Gasteiger partial charge on any atom is -0.309 e. The number of benzene rings is 2. The Hall–Kier alpha value is -2.23. The predicted molar refractivity (Wildman–Crippen MR) is 72.6 cm³/mol. The highest BCUT2D eigenvalue weighted by Gasteiger charge is 2.27. The molecule has 0 saturated heterocycles. The molecule has 0 aromatic heterocycles. The van der Waals surface area contributed by atoms with E-state index in [9.17, 15) is 13.6 Å². The number of carbonyl (C=O) groups excluding carboxylic acids is 1. The molecule has 0 unspecified atom stereocenters. The predicted octanol–water partition coefficient (Wildman–Crippen LogP) is 3.10. The van der Waals surface area contributed by atoms with Crippen LogP contribution in [0.3, 0.4) is 0 Å². The fraction of sp³-hybridized carbons (Fsp3) is 0.188. The summed E-state index contributed by atoms with van der Waals surface area (Å²) in [6.45, 7) is 0.496. The minimum absolute atomic E-state index is 0.147. The Labute approximate surface area is 115 Å². The monoisotopic (exact) mass is 273 g/mol. The van der Waals surface area contributed by atoms with Gasteiger partial charge in [0.05, 0.1) is 12.1 Å². The lowest BCUT2D eigenvalue weighted by Crippen LogP contribution is -2.31. The summed E-state index contributed by atoms with van der Waals surface area (Å²) in [5, 5.41) is 0. The first-order valence-electron chi connectivity index (χ1n) is 6.47. The Kier molecular flexibility index (Phi) is 3.22. The largest absolute Gasteiger partial charge is 0.309 e. The maximum absolute atomic E-state index is 13.8. The van der Waals surface area contributed by atoms with Crippen molar-refractivity contribution in [2.24, 2.45) is 0 Å². The molecule has 1 aliphatic rings. The van der Waals surface area contributed by atoms with Crippen molar-refractivity contribution in [2.75, 3.05) is 11.4 Å². The van der Waals surface area contributed by atoms with Gasteiger partial charge in [-0.05, 0) is 35.7 Å². The lowest BCUT2D eigenvalue weighted by atomic mass is 10.1. The quantitative estimate of drug-likeness (QED) is 0.823. The second-order valence-electron chi connectivity index (χ2n) is 4.85. The highest BCUT2D eigenvalue weighted by molar-refractivity contribution is 5.96. The number of anilines is 1. The van der Waals surface area contributed by atoms with E-state index in [-0.39, 0.29) is 24.0 Å². The summed E-state index contributed by atoms with van der Waals surface area (Å²) in [6, 6.07) is 10.6. The van der Waals surface area contributed by atoms with Gasteiger partial charge in [0.1, 0.15) is 11.6 Å². The SMILES string of the molecule is O=C(Cc1ccc(F)cc1)N1CCc2cccc(F)c21. The Balaban J connectivity index is 1.82. The van der Waals surface area contributed by atoms with Crippen LogP contribution in [0.1, 0.15) is 11.1 Å². The molecule has 20 heavy (non-hydrogen) atoms. The van der Waals surface area contributed by atoms with E-state index in [1.54, 1.807) is 18.2 Å². The van der Waals surface area contributed by atoms with Crippen molar-refractivity contribution < 1.29 is 13.6 Å². The van der Waals surface area contributed by atoms with Crippen LogP contribution in [0.5, 0.6) is 0 Å². The van der Waals surface area contributed by atoms with Crippen LogP contribution in [-0.4, -0.2) is 12.5 Å². The van der Waals surface area contributed by atoms with Gasteiger partial charge in [0.25, 0.3) is 0 Å². The summed E-state index contributed by atoms with van der Waals surface area (Å²) >= 11 is 0. The van der Waals surface area contributed by atoms with Crippen LogP contribution >= 0.6 is 0 Å². The zero-order chi connectivity index (χ0) is 14.1. The van der Waals surface area contributed by atoms with Crippen molar-refractivity contribution >= 4 is 11.6 Å². The summed E-state index contributed by atoms with van der Waals surface area (Å²) < 4.78 is 26.7. The van der Waals surface area contributed by atoms with Crippen molar-refractivity contribution in [1.82, 2.24) is 0 Å². The van der Waals surface area contributed by atoms with Crippen LogP contribution in [0, 0.1) is 11.6 Å². The molecule has 0 aliphatic carbocycles. The maximum atomic E-state index is 13.8. The number of fused-ring (bicyclic) bond motifs is 1. The van der Waals surface area contributed by atoms with Crippen molar-refractivity contribution in [3.8, 4) is 0 Å². The third-order valence-electron chi connectivity index (χ3n) is 3.51. The van der Waals surface area contributed by atoms with E-state index in [2.05, 4.69) is 0 Å². The van der Waals surface area contributed by atoms with E-state index in [4.69, 9.17) is 0 Å². The third kappa shape index (κ3) is 2.29. The summed E-state index contributed by atoms with van der Waals surface area (Å²) in [4.78, 5) is 13.8. The Bertz CT molecular complexity index is 652. The van der Waals surface area contributed by atoms with E-state index in [0.717, 1.165) is 11.1 Å². The molecular formula is C16H13F2NO. The molecule has 0 spiro atoms. The number of halogens is 2. The zero-order valence-corrected chi connectivity index (χ0v) is 10.8. The first kappa shape index (κ1) is 12.8. The molecule has 2 aromatic carbocycles. The summed E-state index contributed by atoms with van der Waals surface area (Å²) in [7, 11) is 0. The molecule has 1 aliphatic heterocycles. The van der Waals surface area contributed by atoms with Crippen LogP contribution in [0.15, 0.2) is 42.5 Å². The normalized spacial score (nSPS) is 13.4. The van der Waals surface area contributed by atoms with Crippen molar-refractivity contribution in [2.45, 2.75) is 12.8 Å². The summed E-state index contributed by atoms with van der Waals surface area (Å²) in [5.74, 6) is -0.869. The first-order chi connectivity index (χ1) is 9.65. The summed E-state index contributed by atoms with van der Waals surface area (Å²) in [6.07, 6.45) is 0.816. The van der Waals surface area contributed by atoms with Gasteiger partial charge >= 0.3 is 0 Å². The molecular weight excluding hydrogens is 260 g/mol. The van der Waals surface area contributed by atoms with Crippen molar-refractivity contribution in [3.05, 3.63) is 65.2 Å². The Morgan fingerprint density at radius 3 is 2.60 bits per heavy atom. The van der Waals surface area contributed by atoms with E-state index in [1.807, 2.05) is 6.07 Å². The van der Waals surface area contributed by atoms with Gasteiger partial charge in [-0.2, -0.15) is 0 Å². The molecule has 3 rings (SSSR count). The molecule has 2 nitrogen and oxygen atoms in total. The van der Waals surface area contributed by atoms with E-state index < -0.39 is 0 Å². The number of nitrogens with zero attached hydrogens (tertiary/aromatic N) is 1. The lowest BCUT2D eigenvalue weighted by Gasteiger charge is -2.18. The molecule has 0 atom stereocenters. The fourth-order valence-electron chi connectivity index (χ4n) is 2.53. The first-order valence-corrected chi connectivity index (χ1v) is 6.47. The van der Waals surface area contributed by atoms with Gasteiger partial charge in [0.2, 0.25) is 5.91 Å². The fourth-order valence-corrected chi connectivity index (χ4v) is 2.53. The number of hydrogen-bond donors (Lipinski definition) is 0. The minimum atomic E-state index is -0.368. The molecule has 4 heteroatoms. The highest BCUT2D eigenvalue weighted by atomic mass is 19.1. The topological polar surface area (TPSA) is 20.3 Å². The number of para-hydroxylation sites is 1. The molecule has 102 valence electrons. The van der Waals surface area contributed by atoms with Crippen molar-refractivity contribution in [1.29, 1.82) is 0 Å². The molecule has 2 aromatic rings. The Morgan fingerprint density at radius 2 is 1.85 bits per heavy atom. The Morgan fingerprint density at radius 1 is 1.10 bits per heavy atom. The zero-order valence-electron chi connectivity index (χ0n) is 10.8. The number of amides is 1. The third-order valence-corrected chi connectivity index (χ3v) is 3.51. The van der Waals surface area contributed by atoms with Gasteiger partial charge in [-0.25, -0.2) is 8.78 Å². The van der Waals surface area contributed by atoms with Crippen LogP contribution < -0.4 is 4.90 Å².